The number of methoxy groups -OCH3 is 1. The van der Waals surface area contributed by atoms with Crippen molar-refractivity contribution in [1.29, 1.82) is 5.26 Å². The van der Waals surface area contributed by atoms with E-state index in [9.17, 15) is 4.79 Å². The van der Waals surface area contributed by atoms with Gasteiger partial charge in [0.15, 0.2) is 0 Å². The van der Waals surface area contributed by atoms with Crippen LogP contribution in [0, 0.1) is 17.2 Å². The number of fused-ring (bicyclic) bond motifs is 1. The van der Waals surface area contributed by atoms with E-state index in [1.54, 1.807) is 36.2 Å². The van der Waals surface area contributed by atoms with Gasteiger partial charge in [0.2, 0.25) is 0 Å². The summed E-state index contributed by atoms with van der Waals surface area (Å²) in [6, 6.07) is 15.4. The summed E-state index contributed by atoms with van der Waals surface area (Å²) in [5.74, 6) is 1.17. The molecule has 148 valence electrons. The lowest BCUT2D eigenvalue weighted by molar-refractivity contribution is 0.166. The molecule has 0 amide bonds. The number of hydrogen-bond acceptors (Lipinski definition) is 5. The van der Waals surface area contributed by atoms with Crippen molar-refractivity contribution >= 4 is 10.9 Å². The van der Waals surface area contributed by atoms with Crippen molar-refractivity contribution in [3.8, 4) is 11.8 Å². The molecule has 3 aromatic rings. The maximum Gasteiger partial charge on any atom is 0.261 e. The number of rotatable bonds is 5. The molecule has 2 heterocycles. The topological polar surface area (TPSA) is 71.2 Å². The highest BCUT2D eigenvalue weighted by molar-refractivity contribution is 5.78. The van der Waals surface area contributed by atoms with Crippen LogP contribution in [-0.2, 0) is 13.1 Å². The lowest BCUT2D eigenvalue weighted by atomic mass is 9.96. The summed E-state index contributed by atoms with van der Waals surface area (Å²) in [5.41, 5.74) is 2.56. The summed E-state index contributed by atoms with van der Waals surface area (Å²) in [5, 5.41) is 9.68. The van der Waals surface area contributed by atoms with Crippen LogP contribution < -0.4 is 10.3 Å². The third-order valence-corrected chi connectivity index (χ3v) is 5.66. The van der Waals surface area contributed by atoms with E-state index in [1.165, 1.54) is 5.56 Å². The van der Waals surface area contributed by atoms with Gasteiger partial charge in [0.25, 0.3) is 5.56 Å². The van der Waals surface area contributed by atoms with Crippen molar-refractivity contribution in [2.24, 2.45) is 5.92 Å². The van der Waals surface area contributed by atoms with E-state index in [1.807, 2.05) is 18.2 Å². The SMILES string of the molecule is COc1ccc2c(=O)n(CC3CCN(Cc4cccc(C#N)c4)CC3)cnc2c1. The predicted octanol–water partition coefficient (Wildman–Crippen LogP) is 3.19. The van der Waals surface area contributed by atoms with Gasteiger partial charge in [-0.05, 0) is 61.7 Å². The highest BCUT2D eigenvalue weighted by atomic mass is 16.5. The molecule has 6 nitrogen and oxygen atoms in total. The molecule has 0 radical (unpaired) electrons. The molecule has 1 aromatic heterocycles. The molecule has 1 aliphatic heterocycles. The smallest absolute Gasteiger partial charge is 0.261 e. The maximum atomic E-state index is 12.8. The van der Waals surface area contributed by atoms with Crippen LogP contribution in [0.2, 0.25) is 0 Å². The number of piperidine rings is 1. The van der Waals surface area contributed by atoms with Gasteiger partial charge >= 0.3 is 0 Å². The third kappa shape index (κ3) is 4.30. The minimum absolute atomic E-state index is 0.00778. The van der Waals surface area contributed by atoms with Gasteiger partial charge in [0, 0.05) is 19.2 Å². The van der Waals surface area contributed by atoms with Gasteiger partial charge in [0.1, 0.15) is 5.75 Å². The van der Waals surface area contributed by atoms with E-state index >= 15 is 0 Å². The van der Waals surface area contributed by atoms with Crippen LogP contribution in [0.3, 0.4) is 0 Å². The van der Waals surface area contributed by atoms with Crippen LogP contribution in [-0.4, -0.2) is 34.7 Å². The van der Waals surface area contributed by atoms with Crippen molar-refractivity contribution in [2.45, 2.75) is 25.9 Å². The first-order valence-corrected chi connectivity index (χ1v) is 9.91. The number of benzene rings is 2. The zero-order valence-electron chi connectivity index (χ0n) is 16.5. The van der Waals surface area contributed by atoms with E-state index in [0.717, 1.165) is 32.5 Å². The first-order valence-electron chi connectivity index (χ1n) is 9.91. The molecule has 2 aromatic carbocycles. The van der Waals surface area contributed by atoms with Gasteiger partial charge in [-0.15, -0.1) is 0 Å². The van der Waals surface area contributed by atoms with Crippen molar-refractivity contribution < 1.29 is 4.74 Å². The average molecular weight is 388 g/mol. The summed E-state index contributed by atoms with van der Waals surface area (Å²) in [6.07, 6.45) is 3.75. The third-order valence-electron chi connectivity index (χ3n) is 5.66. The molecule has 4 rings (SSSR count). The van der Waals surface area contributed by atoms with Gasteiger partial charge in [-0.1, -0.05) is 12.1 Å². The van der Waals surface area contributed by atoms with Crippen LogP contribution in [0.25, 0.3) is 10.9 Å². The lowest BCUT2D eigenvalue weighted by Gasteiger charge is -2.32. The molecule has 1 fully saturated rings. The Morgan fingerprint density at radius 3 is 2.79 bits per heavy atom. The summed E-state index contributed by atoms with van der Waals surface area (Å²) in [7, 11) is 1.61. The molecule has 29 heavy (non-hydrogen) atoms. The molecule has 1 saturated heterocycles. The second-order valence-corrected chi connectivity index (χ2v) is 7.62. The van der Waals surface area contributed by atoms with Crippen LogP contribution >= 0.6 is 0 Å². The Balaban J connectivity index is 1.39. The number of ether oxygens (including phenoxy) is 1. The number of aromatic nitrogens is 2. The van der Waals surface area contributed by atoms with Gasteiger partial charge in [0.05, 0.1) is 36.0 Å². The molecule has 0 spiro atoms. The number of hydrogen-bond donors (Lipinski definition) is 0. The highest BCUT2D eigenvalue weighted by Crippen LogP contribution is 2.21. The molecule has 0 bridgehead atoms. The number of nitrogens with zero attached hydrogens (tertiary/aromatic N) is 4. The van der Waals surface area contributed by atoms with Gasteiger partial charge in [-0.25, -0.2) is 4.98 Å². The molecule has 1 aliphatic rings. The normalized spacial score (nSPS) is 15.3. The molecule has 0 N–H and O–H groups in total. The summed E-state index contributed by atoms with van der Waals surface area (Å²) in [4.78, 5) is 19.7. The fourth-order valence-electron chi connectivity index (χ4n) is 4.00. The quantitative estimate of drug-likeness (QED) is 0.671. The summed E-state index contributed by atoms with van der Waals surface area (Å²) in [6.45, 7) is 3.55. The van der Waals surface area contributed by atoms with Crippen LogP contribution in [0.5, 0.6) is 5.75 Å². The fraction of sp³-hybridized carbons (Fsp3) is 0.348. The predicted molar refractivity (Wildman–Crippen MR) is 112 cm³/mol. The molecule has 0 saturated carbocycles. The Hall–Kier alpha value is -3.17. The Morgan fingerprint density at radius 1 is 1.21 bits per heavy atom. The van der Waals surface area contributed by atoms with Crippen LogP contribution in [0.4, 0.5) is 0 Å². The molecular weight excluding hydrogens is 364 g/mol. The largest absolute Gasteiger partial charge is 0.497 e. The van der Waals surface area contributed by atoms with Gasteiger partial charge < -0.3 is 4.74 Å². The Kier molecular flexibility index (Phi) is 5.59. The fourth-order valence-corrected chi connectivity index (χ4v) is 4.00. The number of nitriles is 1. The Labute approximate surface area is 170 Å². The van der Waals surface area contributed by atoms with E-state index in [4.69, 9.17) is 10.00 Å². The molecule has 0 unspecified atom stereocenters. The maximum absolute atomic E-state index is 12.8. The first-order chi connectivity index (χ1) is 14.2. The zero-order valence-corrected chi connectivity index (χ0v) is 16.5. The average Bonchev–Trinajstić information content (AvgIpc) is 2.77. The second kappa shape index (κ2) is 8.46. The van der Waals surface area contributed by atoms with Crippen LogP contribution in [0.15, 0.2) is 53.6 Å². The summed E-state index contributed by atoms with van der Waals surface area (Å²) < 4.78 is 6.95. The summed E-state index contributed by atoms with van der Waals surface area (Å²) >= 11 is 0. The Morgan fingerprint density at radius 2 is 2.03 bits per heavy atom. The highest BCUT2D eigenvalue weighted by Gasteiger charge is 2.20. The molecule has 0 aliphatic carbocycles. The number of likely N-dealkylation sites (tertiary alicyclic amines) is 1. The lowest BCUT2D eigenvalue weighted by Crippen LogP contribution is -2.36. The minimum Gasteiger partial charge on any atom is -0.497 e. The van der Waals surface area contributed by atoms with Crippen LogP contribution in [0.1, 0.15) is 24.0 Å². The monoisotopic (exact) mass is 388 g/mol. The van der Waals surface area contributed by atoms with E-state index < -0.39 is 0 Å². The molecule has 6 heteroatoms. The van der Waals surface area contributed by atoms with Gasteiger partial charge in [-0.3, -0.25) is 14.3 Å². The van der Waals surface area contributed by atoms with E-state index in [0.29, 0.717) is 34.7 Å². The Bertz CT molecular complexity index is 1110. The van der Waals surface area contributed by atoms with E-state index in [2.05, 4.69) is 22.0 Å². The second-order valence-electron chi connectivity index (χ2n) is 7.62. The minimum atomic E-state index is 0.00778. The van der Waals surface area contributed by atoms with Crippen molar-refractivity contribution in [1.82, 2.24) is 14.5 Å². The molecule has 0 atom stereocenters. The zero-order chi connectivity index (χ0) is 20.2. The van der Waals surface area contributed by atoms with Gasteiger partial charge in [-0.2, -0.15) is 5.26 Å². The van der Waals surface area contributed by atoms with E-state index in [-0.39, 0.29) is 5.56 Å². The molecular formula is C23H24N4O2. The van der Waals surface area contributed by atoms with Crippen molar-refractivity contribution in [3.63, 3.8) is 0 Å². The standard InChI is InChI=1S/C23H24N4O2/c1-29-20-5-6-21-22(12-20)25-16-27(23(21)28)15-17-7-9-26(10-8-17)14-19-4-2-3-18(11-19)13-24/h2-6,11-12,16-17H,7-10,14-15H2,1H3. The van der Waals surface area contributed by atoms with Crippen molar-refractivity contribution in [3.05, 3.63) is 70.3 Å². The first kappa shape index (κ1) is 19.2. The van der Waals surface area contributed by atoms with Crippen molar-refractivity contribution in [2.75, 3.05) is 20.2 Å².